The van der Waals surface area contributed by atoms with Crippen molar-refractivity contribution in [3.63, 3.8) is 0 Å². The normalized spacial score (nSPS) is 10.3. The summed E-state index contributed by atoms with van der Waals surface area (Å²) in [7, 11) is 3.05. The molecular formula is C18H17N3O4. The van der Waals surface area contributed by atoms with Crippen LogP contribution in [0.5, 0.6) is 11.5 Å². The minimum absolute atomic E-state index is 0.119. The van der Waals surface area contributed by atoms with Crippen LogP contribution in [0.15, 0.2) is 53.1 Å². The fourth-order valence-corrected chi connectivity index (χ4v) is 2.27. The molecule has 0 spiro atoms. The number of benzene rings is 2. The number of nitrogens with one attached hydrogen (secondary N) is 1. The molecule has 0 atom stereocenters. The van der Waals surface area contributed by atoms with Crippen molar-refractivity contribution in [1.82, 2.24) is 15.5 Å². The Labute approximate surface area is 144 Å². The van der Waals surface area contributed by atoms with E-state index in [1.165, 1.54) is 7.11 Å². The maximum atomic E-state index is 12.4. The predicted octanol–water partition coefficient (Wildman–Crippen LogP) is 2.68. The van der Waals surface area contributed by atoms with Crippen LogP contribution in [0.3, 0.4) is 0 Å². The Hall–Kier alpha value is -3.35. The zero-order valence-electron chi connectivity index (χ0n) is 13.9. The topological polar surface area (TPSA) is 86.5 Å². The predicted molar refractivity (Wildman–Crippen MR) is 90.5 cm³/mol. The van der Waals surface area contributed by atoms with Crippen LogP contribution >= 0.6 is 0 Å². The van der Waals surface area contributed by atoms with E-state index in [2.05, 4.69) is 15.5 Å². The maximum Gasteiger partial charge on any atom is 0.255 e. The van der Waals surface area contributed by atoms with Crippen LogP contribution in [0.1, 0.15) is 16.2 Å². The van der Waals surface area contributed by atoms with E-state index in [1.807, 2.05) is 30.3 Å². The van der Waals surface area contributed by atoms with Crippen LogP contribution in [0, 0.1) is 0 Å². The zero-order valence-corrected chi connectivity index (χ0v) is 13.9. The Morgan fingerprint density at radius 1 is 1.12 bits per heavy atom. The molecule has 1 heterocycles. The number of hydrogen-bond acceptors (Lipinski definition) is 6. The molecule has 0 aliphatic carbocycles. The molecule has 0 aliphatic heterocycles. The number of ether oxygens (including phenoxy) is 2. The number of rotatable bonds is 6. The van der Waals surface area contributed by atoms with Crippen LogP contribution < -0.4 is 14.8 Å². The number of nitrogens with zero attached hydrogens (tertiary/aromatic N) is 2. The van der Waals surface area contributed by atoms with Gasteiger partial charge in [-0.2, -0.15) is 4.98 Å². The monoisotopic (exact) mass is 339 g/mol. The Kier molecular flexibility index (Phi) is 4.94. The second-order valence-corrected chi connectivity index (χ2v) is 5.13. The number of amides is 1. The fraction of sp³-hybridized carbons (Fsp3) is 0.167. The summed E-state index contributed by atoms with van der Waals surface area (Å²) in [6.07, 6.45) is 0. The lowest BCUT2D eigenvalue weighted by atomic mass is 10.1. The van der Waals surface area contributed by atoms with Gasteiger partial charge in [0.05, 0.1) is 26.3 Å². The second-order valence-electron chi connectivity index (χ2n) is 5.13. The van der Waals surface area contributed by atoms with Crippen LogP contribution in [0.25, 0.3) is 11.4 Å². The molecule has 128 valence electrons. The van der Waals surface area contributed by atoms with Gasteiger partial charge in [-0.05, 0) is 12.1 Å². The van der Waals surface area contributed by atoms with Gasteiger partial charge in [0.15, 0.2) is 0 Å². The highest BCUT2D eigenvalue weighted by Crippen LogP contribution is 2.24. The lowest BCUT2D eigenvalue weighted by Crippen LogP contribution is -2.23. The van der Waals surface area contributed by atoms with Crippen molar-refractivity contribution in [2.75, 3.05) is 14.2 Å². The highest BCUT2D eigenvalue weighted by Gasteiger charge is 2.15. The molecule has 0 saturated heterocycles. The van der Waals surface area contributed by atoms with Gasteiger partial charge >= 0.3 is 0 Å². The Balaban J connectivity index is 1.68. The van der Waals surface area contributed by atoms with Gasteiger partial charge < -0.3 is 19.3 Å². The van der Waals surface area contributed by atoms with Gasteiger partial charge in [0, 0.05) is 11.6 Å². The molecule has 1 aromatic heterocycles. The summed E-state index contributed by atoms with van der Waals surface area (Å²) >= 11 is 0. The smallest absolute Gasteiger partial charge is 0.255 e. The van der Waals surface area contributed by atoms with Crippen molar-refractivity contribution in [2.24, 2.45) is 0 Å². The molecule has 0 radical (unpaired) electrons. The van der Waals surface area contributed by atoms with E-state index in [0.717, 1.165) is 5.56 Å². The van der Waals surface area contributed by atoms with Crippen LogP contribution in [-0.2, 0) is 6.54 Å². The van der Waals surface area contributed by atoms with Crippen molar-refractivity contribution < 1.29 is 18.8 Å². The van der Waals surface area contributed by atoms with Gasteiger partial charge in [-0.1, -0.05) is 35.5 Å². The summed E-state index contributed by atoms with van der Waals surface area (Å²) in [5, 5.41) is 6.65. The Morgan fingerprint density at radius 3 is 2.64 bits per heavy atom. The molecule has 0 bridgehead atoms. The minimum atomic E-state index is -0.307. The highest BCUT2D eigenvalue weighted by atomic mass is 16.5. The van der Waals surface area contributed by atoms with Gasteiger partial charge in [0.25, 0.3) is 5.91 Å². The van der Waals surface area contributed by atoms with E-state index in [4.69, 9.17) is 14.0 Å². The third-order valence-electron chi connectivity index (χ3n) is 3.55. The standard InChI is InChI=1S/C18H17N3O4/c1-23-13-8-9-14(15(10-13)24-2)18(22)19-11-16-20-17(21-25-16)12-6-4-3-5-7-12/h3-10H,11H2,1-2H3,(H,19,22). The number of carbonyl (C=O) groups excluding carboxylic acids is 1. The van der Waals surface area contributed by atoms with E-state index in [-0.39, 0.29) is 12.5 Å². The summed E-state index contributed by atoms with van der Waals surface area (Å²) < 4.78 is 15.5. The van der Waals surface area contributed by atoms with E-state index in [1.54, 1.807) is 25.3 Å². The molecule has 7 nitrogen and oxygen atoms in total. The second kappa shape index (κ2) is 7.48. The molecule has 2 aromatic carbocycles. The third kappa shape index (κ3) is 3.77. The fourth-order valence-electron chi connectivity index (χ4n) is 2.27. The summed E-state index contributed by atoms with van der Waals surface area (Å²) in [4.78, 5) is 16.6. The van der Waals surface area contributed by atoms with Crippen LogP contribution in [0.4, 0.5) is 0 Å². The molecule has 1 N–H and O–H groups in total. The van der Waals surface area contributed by atoms with Crippen molar-refractivity contribution >= 4 is 5.91 Å². The molecule has 0 aliphatic rings. The van der Waals surface area contributed by atoms with Crippen molar-refractivity contribution in [3.05, 3.63) is 60.0 Å². The average molecular weight is 339 g/mol. The molecule has 25 heavy (non-hydrogen) atoms. The largest absolute Gasteiger partial charge is 0.497 e. The van der Waals surface area contributed by atoms with Gasteiger partial charge in [-0.15, -0.1) is 0 Å². The first kappa shape index (κ1) is 16.5. The lowest BCUT2D eigenvalue weighted by molar-refractivity contribution is 0.0943. The minimum Gasteiger partial charge on any atom is -0.497 e. The Bertz CT molecular complexity index is 862. The summed E-state index contributed by atoms with van der Waals surface area (Å²) in [6.45, 7) is 0.119. The first-order valence-electron chi connectivity index (χ1n) is 7.59. The summed E-state index contributed by atoms with van der Waals surface area (Å²) in [5.41, 5.74) is 1.24. The highest BCUT2D eigenvalue weighted by molar-refractivity contribution is 5.97. The molecule has 3 aromatic rings. The first-order chi connectivity index (χ1) is 12.2. The Morgan fingerprint density at radius 2 is 1.92 bits per heavy atom. The summed E-state index contributed by atoms with van der Waals surface area (Å²) in [5.74, 6) is 1.52. The van der Waals surface area contributed by atoms with E-state index in [9.17, 15) is 4.79 Å². The molecule has 7 heteroatoms. The summed E-state index contributed by atoms with van der Waals surface area (Å²) in [6, 6.07) is 14.4. The molecule has 1 amide bonds. The van der Waals surface area contributed by atoms with Gasteiger partial charge in [-0.25, -0.2) is 0 Å². The van der Waals surface area contributed by atoms with Crippen LogP contribution in [0.2, 0.25) is 0 Å². The molecule has 0 unspecified atom stereocenters. The quantitative estimate of drug-likeness (QED) is 0.743. The lowest BCUT2D eigenvalue weighted by Gasteiger charge is -2.09. The first-order valence-corrected chi connectivity index (χ1v) is 7.59. The van der Waals surface area contributed by atoms with Crippen molar-refractivity contribution in [2.45, 2.75) is 6.54 Å². The average Bonchev–Trinajstić information content (AvgIpc) is 3.15. The van der Waals surface area contributed by atoms with E-state index >= 15 is 0 Å². The van der Waals surface area contributed by atoms with Gasteiger partial charge in [0.1, 0.15) is 11.5 Å². The molecule has 3 rings (SSSR count). The van der Waals surface area contributed by atoms with Gasteiger partial charge in [-0.3, -0.25) is 4.79 Å². The van der Waals surface area contributed by atoms with Crippen molar-refractivity contribution in [1.29, 1.82) is 0 Å². The molecule has 0 fully saturated rings. The van der Waals surface area contributed by atoms with Gasteiger partial charge in [0.2, 0.25) is 11.7 Å². The maximum absolute atomic E-state index is 12.4. The SMILES string of the molecule is COc1ccc(C(=O)NCc2nc(-c3ccccc3)no2)c(OC)c1. The van der Waals surface area contributed by atoms with Crippen LogP contribution in [-0.4, -0.2) is 30.3 Å². The number of aromatic nitrogens is 2. The van der Waals surface area contributed by atoms with E-state index in [0.29, 0.717) is 28.8 Å². The molecular weight excluding hydrogens is 322 g/mol. The number of hydrogen-bond donors (Lipinski definition) is 1. The third-order valence-corrected chi connectivity index (χ3v) is 3.55. The van der Waals surface area contributed by atoms with E-state index < -0.39 is 0 Å². The zero-order chi connectivity index (χ0) is 17.6. The number of methoxy groups -OCH3 is 2. The number of carbonyl (C=O) groups is 1. The molecule has 0 saturated carbocycles. The van der Waals surface area contributed by atoms with Crippen molar-refractivity contribution in [3.8, 4) is 22.9 Å².